The molecule has 0 spiro atoms. The van der Waals surface area contributed by atoms with Gasteiger partial charge in [-0.1, -0.05) is 61.4 Å². The Labute approximate surface area is 202 Å². The van der Waals surface area contributed by atoms with Crippen molar-refractivity contribution >= 4 is 23.7 Å². The third-order valence-corrected chi connectivity index (χ3v) is 6.42. The van der Waals surface area contributed by atoms with Gasteiger partial charge < -0.3 is 20.5 Å². The molecule has 1 heterocycles. The molecular weight excluding hydrogens is 448 g/mol. The highest BCUT2D eigenvalue weighted by Gasteiger charge is 2.32. The first-order valence-corrected chi connectivity index (χ1v) is 11.6. The molecule has 1 saturated carbocycles. The van der Waals surface area contributed by atoms with Gasteiger partial charge in [0.2, 0.25) is 5.91 Å². The van der Waals surface area contributed by atoms with E-state index in [0.717, 1.165) is 35.1 Å². The Hall–Kier alpha value is -4.14. The maximum atomic E-state index is 12.9. The predicted molar refractivity (Wildman–Crippen MR) is 128 cm³/mol. The van der Waals surface area contributed by atoms with Crippen LogP contribution in [0.5, 0.6) is 0 Å². The van der Waals surface area contributed by atoms with Crippen molar-refractivity contribution in [2.24, 2.45) is 5.92 Å². The summed E-state index contributed by atoms with van der Waals surface area (Å²) >= 11 is 0. The number of benzene rings is 2. The Kier molecular flexibility index (Phi) is 6.22. The number of carbonyl (C=O) groups excluding carboxylic acids is 2. The zero-order valence-electron chi connectivity index (χ0n) is 19.0. The molecule has 2 amide bonds. The van der Waals surface area contributed by atoms with Crippen molar-refractivity contribution in [1.29, 1.82) is 0 Å². The van der Waals surface area contributed by atoms with Gasteiger partial charge in [-0.3, -0.25) is 14.3 Å². The fourth-order valence-corrected chi connectivity index (χ4v) is 4.58. The lowest BCUT2D eigenvalue weighted by atomic mass is 9.98. The molecule has 9 heteroatoms. The van der Waals surface area contributed by atoms with Gasteiger partial charge in [0.25, 0.3) is 0 Å². The summed E-state index contributed by atoms with van der Waals surface area (Å²) in [5, 5.41) is 18.2. The van der Waals surface area contributed by atoms with E-state index in [9.17, 15) is 14.4 Å². The van der Waals surface area contributed by atoms with Gasteiger partial charge in [0.1, 0.15) is 19.2 Å². The largest absolute Gasteiger partial charge is 0.480 e. The second-order valence-electron chi connectivity index (χ2n) is 9.01. The van der Waals surface area contributed by atoms with Gasteiger partial charge in [0.05, 0.1) is 11.9 Å². The van der Waals surface area contributed by atoms with Crippen molar-refractivity contribution in [3.8, 4) is 11.1 Å². The van der Waals surface area contributed by atoms with Gasteiger partial charge in [-0.05, 0) is 34.6 Å². The molecule has 0 bridgehead atoms. The summed E-state index contributed by atoms with van der Waals surface area (Å²) in [5.74, 6) is -1.10. The van der Waals surface area contributed by atoms with Crippen molar-refractivity contribution in [2.75, 3.05) is 11.9 Å². The lowest BCUT2D eigenvalue weighted by Crippen LogP contribution is -2.44. The van der Waals surface area contributed by atoms with Crippen LogP contribution in [0.1, 0.15) is 36.3 Å². The number of rotatable bonds is 9. The molecular formula is C26H26N4O5. The summed E-state index contributed by atoms with van der Waals surface area (Å²) in [7, 11) is 0. The third kappa shape index (κ3) is 5.18. The molecule has 3 N–H and O–H groups in total. The molecule has 0 aliphatic heterocycles. The summed E-state index contributed by atoms with van der Waals surface area (Å²) in [6.07, 6.45) is 4.73. The highest BCUT2D eigenvalue weighted by Crippen LogP contribution is 2.44. The number of aliphatic carboxylic acids is 1. The van der Waals surface area contributed by atoms with E-state index < -0.39 is 18.1 Å². The lowest BCUT2D eigenvalue weighted by Gasteiger charge is -2.19. The van der Waals surface area contributed by atoms with Gasteiger partial charge in [0, 0.05) is 12.1 Å². The summed E-state index contributed by atoms with van der Waals surface area (Å²) in [6, 6.07) is 15.4. The number of nitrogens with one attached hydrogen (secondary N) is 2. The minimum absolute atomic E-state index is 0.0658. The van der Waals surface area contributed by atoms with Crippen LogP contribution in [0.2, 0.25) is 0 Å². The zero-order chi connectivity index (χ0) is 24.4. The van der Waals surface area contributed by atoms with E-state index in [2.05, 4.69) is 40.0 Å². The SMILES string of the molecule is O=C(O)Cn1cc(NC(=O)C(CC2CC2)NC(=O)OCC2c3ccccc3-c3ccccc32)cn1. The van der Waals surface area contributed by atoms with E-state index in [1.807, 2.05) is 24.3 Å². The van der Waals surface area contributed by atoms with Crippen LogP contribution < -0.4 is 10.6 Å². The van der Waals surface area contributed by atoms with E-state index >= 15 is 0 Å². The van der Waals surface area contributed by atoms with Crippen LogP contribution in [0.15, 0.2) is 60.9 Å². The molecule has 3 aromatic rings. The first-order chi connectivity index (χ1) is 17.0. The van der Waals surface area contributed by atoms with E-state index in [1.165, 1.54) is 17.1 Å². The lowest BCUT2D eigenvalue weighted by molar-refractivity contribution is -0.137. The molecule has 180 valence electrons. The first kappa shape index (κ1) is 22.6. The fraction of sp³-hybridized carbons (Fsp3) is 0.308. The summed E-state index contributed by atoms with van der Waals surface area (Å²) in [4.78, 5) is 36.5. The number of carboxylic acids is 1. The van der Waals surface area contributed by atoms with Crippen LogP contribution in [0.3, 0.4) is 0 Å². The van der Waals surface area contributed by atoms with Crippen LogP contribution in [-0.2, 0) is 20.9 Å². The minimum atomic E-state index is -1.03. The molecule has 35 heavy (non-hydrogen) atoms. The van der Waals surface area contributed by atoms with Crippen molar-refractivity contribution in [1.82, 2.24) is 15.1 Å². The topological polar surface area (TPSA) is 123 Å². The van der Waals surface area contributed by atoms with Crippen molar-refractivity contribution in [3.05, 3.63) is 72.1 Å². The highest BCUT2D eigenvalue weighted by atomic mass is 16.5. The number of fused-ring (bicyclic) bond motifs is 3. The number of aromatic nitrogens is 2. The molecule has 1 fully saturated rings. The summed E-state index contributed by atoms with van der Waals surface area (Å²) in [5.41, 5.74) is 4.89. The second-order valence-corrected chi connectivity index (χ2v) is 9.01. The number of carboxylic acid groups (broad SMARTS) is 1. The molecule has 2 aromatic carbocycles. The normalized spacial score (nSPS) is 15.1. The van der Waals surface area contributed by atoms with Crippen LogP contribution in [-0.4, -0.2) is 45.5 Å². The monoisotopic (exact) mass is 474 g/mol. The molecule has 2 aliphatic carbocycles. The summed E-state index contributed by atoms with van der Waals surface area (Å²) < 4.78 is 6.82. The van der Waals surface area contributed by atoms with Gasteiger partial charge in [-0.15, -0.1) is 0 Å². The van der Waals surface area contributed by atoms with E-state index in [-0.39, 0.29) is 25.0 Å². The van der Waals surface area contributed by atoms with E-state index in [4.69, 9.17) is 9.84 Å². The zero-order valence-corrected chi connectivity index (χ0v) is 19.0. The molecule has 0 saturated heterocycles. The van der Waals surface area contributed by atoms with Gasteiger partial charge >= 0.3 is 12.1 Å². The number of ether oxygens (including phenoxy) is 1. The smallest absolute Gasteiger partial charge is 0.407 e. The number of carbonyl (C=O) groups is 3. The average molecular weight is 475 g/mol. The van der Waals surface area contributed by atoms with Gasteiger partial charge in [-0.25, -0.2) is 4.79 Å². The number of alkyl carbamates (subject to hydrolysis) is 1. The molecule has 1 unspecified atom stereocenters. The molecule has 1 atom stereocenters. The molecule has 0 radical (unpaired) electrons. The number of amides is 2. The highest BCUT2D eigenvalue weighted by molar-refractivity contribution is 5.96. The maximum Gasteiger partial charge on any atom is 0.407 e. The number of nitrogens with zero attached hydrogens (tertiary/aromatic N) is 2. The molecule has 1 aromatic heterocycles. The number of hydrogen-bond acceptors (Lipinski definition) is 5. The standard InChI is InChI=1S/C26H26N4O5/c31-24(32)14-30-13-17(12-27-30)28-25(33)23(11-16-9-10-16)29-26(34)35-15-22-20-7-3-1-5-18(20)19-6-2-4-8-21(19)22/h1-8,12-13,16,22-23H,9-11,14-15H2,(H,28,33)(H,29,34)(H,31,32). The first-order valence-electron chi connectivity index (χ1n) is 11.6. The van der Waals surface area contributed by atoms with Crippen LogP contribution in [0, 0.1) is 5.92 Å². The van der Waals surface area contributed by atoms with Crippen LogP contribution in [0.4, 0.5) is 10.5 Å². The second kappa shape index (κ2) is 9.61. The fourth-order valence-electron chi connectivity index (χ4n) is 4.58. The van der Waals surface area contributed by atoms with Crippen molar-refractivity contribution < 1.29 is 24.2 Å². The number of hydrogen-bond donors (Lipinski definition) is 3. The maximum absolute atomic E-state index is 12.9. The van der Waals surface area contributed by atoms with Crippen LogP contribution in [0.25, 0.3) is 11.1 Å². The summed E-state index contributed by atoms with van der Waals surface area (Å²) in [6.45, 7) is -0.140. The van der Waals surface area contributed by atoms with Gasteiger partial charge in [-0.2, -0.15) is 5.10 Å². The predicted octanol–water partition coefficient (Wildman–Crippen LogP) is 3.61. The van der Waals surface area contributed by atoms with E-state index in [1.54, 1.807) is 0 Å². The van der Waals surface area contributed by atoms with Gasteiger partial charge in [0.15, 0.2) is 0 Å². The van der Waals surface area contributed by atoms with Crippen LogP contribution >= 0.6 is 0 Å². The van der Waals surface area contributed by atoms with Crippen molar-refractivity contribution in [2.45, 2.75) is 37.8 Å². The third-order valence-electron chi connectivity index (χ3n) is 6.42. The Balaban J connectivity index is 1.22. The number of anilines is 1. The Bertz CT molecular complexity index is 1220. The minimum Gasteiger partial charge on any atom is -0.480 e. The molecule has 2 aliphatic rings. The Morgan fingerprint density at radius 3 is 2.34 bits per heavy atom. The van der Waals surface area contributed by atoms with Crippen molar-refractivity contribution in [3.63, 3.8) is 0 Å². The molecule has 5 rings (SSSR count). The quantitative estimate of drug-likeness (QED) is 0.435. The Morgan fingerprint density at radius 1 is 1.06 bits per heavy atom. The Morgan fingerprint density at radius 2 is 1.71 bits per heavy atom. The molecule has 9 nitrogen and oxygen atoms in total. The van der Waals surface area contributed by atoms with E-state index in [0.29, 0.717) is 18.0 Å². The average Bonchev–Trinajstić information content (AvgIpc) is 3.47.